The van der Waals surface area contributed by atoms with E-state index in [2.05, 4.69) is 9.97 Å². The highest BCUT2D eigenvalue weighted by molar-refractivity contribution is 5.58. The molecule has 1 aromatic carbocycles. The van der Waals surface area contributed by atoms with Gasteiger partial charge in [-0.05, 0) is 38.1 Å². The molecular weight excluding hydrogens is 236 g/mol. The van der Waals surface area contributed by atoms with E-state index in [1.165, 1.54) is 6.07 Å². The third-order valence-corrected chi connectivity index (χ3v) is 2.45. The van der Waals surface area contributed by atoms with Crippen molar-refractivity contribution in [2.75, 3.05) is 0 Å². The number of aromatic nitrogens is 2. The highest BCUT2D eigenvalue weighted by Crippen LogP contribution is 2.21. The first-order valence-electron chi connectivity index (χ1n) is 5.46. The van der Waals surface area contributed by atoms with E-state index in [0.717, 1.165) is 12.1 Å². The molecule has 2 aromatic rings. The predicted molar refractivity (Wildman–Crippen MR) is 64.6 cm³/mol. The molecule has 0 amide bonds. The molecule has 3 nitrogen and oxygen atoms in total. The van der Waals surface area contributed by atoms with Gasteiger partial charge < -0.3 is 5.73 Å². The quantitative estimate of drug-likeness (QED) is 0.890. The van der Waals surface area contributed by atoms with E-state index in [1.807, 2.05) is 0 Å². The van der Waals surface area contributed by atoms with Crippen molar-refractivity contribution in [3.05, 3.63) is 47.9 Å². The number of rotatable bonds is 2. The molecule has 0 radical (unpaired) electrons. The van der Waals surface area contributed by atoms with Crippen molar-refractivity contribution in [2.24, 2.45) is 5.73 Å². The van der Waals surface area contributed by atoms with Crippen LogP contribution >= 0.6 is 0 Å². The summed E-state index contributed by atoms with van der Waals surface area (Å²) >= 11 is 0. The highest BCUT2D eigenvalue weighted by Gasteiger charge is 2.18. The summed E-state index contributed by atoms with van der Waals surface area (Å²) in [5.41, 5.74) is 6.21. The average molecular weight is 249 g/mol. The Labute approximate surface area is 104 Å². The maximum atomic E-state index is 13.2. The van der Waals surface area contributed by atoms with E-state index in [9.17, 15) is 8.78 Å². The van der Waals surface area contributed by atoms with Crippen molar-refractivity contribution in [1.82, 2.24) is 9.97 Å². The molecule has 0 bridgehead atoms. The minimum atomic E-state index is -0.903. The van der Waals surface area contributed by atoms with Crippen LogP contribution in [0.25, 0.3) is 11.3 Å². The van der Waals surface area contributed by atoms with Crippen LogP contribution in [0.3, 0.4) is 0 Å². The molecule has 1 aromatic heterocycles. The molecule has 0 spiro atoms. The largest absolute Gasteiger partial charge is 0.319 e. The third-order valence-electron chi connectivity index (χ3n) is 2.45. The van der Waals surface area contributed by atoms with Gasteiger partial charge in [-0.3, -0.25) is 0 Å². The molecule has 94 valence electrons. The van der Waals surface area contributed by atoms with Crippen LogP contribution in [0.1, 0.15) is 19.7 Å². The number of nitrogens with zero attached hydrogens (tertiary/aromatic N) is 2. The zero-order chi connectivity index (χ0) is 13.3. The Kier molecular flexibility index (Phi) is 3.09. The van der Waals surface area contributed by atoms with Crippen LogP contribution < -0.4 is 5.73 Å². The summed E-state index contributed by atoms with van der Waals surface area (Å²) < 4.78 is 26.0. The van der Waals surface area contributed by atoms with Gasteiger partial charge in [0, 0.05) is 11.8 Å². The van der Waals surface area contributed by atoms with E-state index < -0.39 is 17.2 Å². The standard InChI is InChI=1S/C13H13F2N3/c1-13(2,16)12-17-6-5-11(18-12)8-3-4-9(14)10(15)7-8/h3-7H,16H2,1-2H3. The zero-order valence-corrected chi connectivity index (χ0v) is 10.1. The number of hydrogen-bond acceptors (Lipinski definition) is 3. The third kappa shape index (κ3) is 2.51. The zero-order valence-electron chi connectivity index (χ0n) is 10.1. The Balaban J connectivity index is 2.48. The molecule has 0 atom stereocenters. The van der Waals surface area contributed by atoms with Crippen LogP contribution in [0.2, 0.25) is 0 Å². The molecule has 0 unspecified atom stereocenters. The second kappa shape index (κ2) is 4.42. The second-order valence-corrected chi connectivity index (χ2v) is 4.62. The first kappa shape index (κ1) is 12.6. The van der Waals surface area contributed by atoms with Crippen molar-refractivity contribution >= 4 is 0 Å². The lowest BCUT2D eigenvalue weighted by Gasteiger charge is -2.17. The molecule has 2 N–H and O–H groups in total. The molecular formula is C13H13F2N3. The van der Waals surface area contributed by atoms with E-state index in [-0.39, 0.29) is 0 Å². The number of benzene rings is 1. The molecule has 18 heavy (non-hydrogen) atoms. The van der Waals surface area contributed by atoms with Gasteiger partial charge in [0.05, 0.1) is 11.2 Å². The average Bonchev–Trinajstić information content (AvgIpc) is 2.32. The molecule has 2 rings (SSSR count). The monoisotopic (exact) mass is 249 g/mol. The number of nitrogens with two attached hydrogens (primary N) is 1. The van der Waals surface area contributed by atoms with E-state index in [1.54, 1.807) is 26.1 Å². The summed E-state index contributed by atoms with van der Waals surface area (Å²) in [6.45, 7) is 3.55. The fraction of sp³-hybridized carbons (Fsp3) is 0.231. The lowest BCUT2D eigenvalue weighted by Crippen LogP contribution is -2.31. The van der Waals surface area contributed by atoms with Crippen LogP contribution in [0, 0.1) is 11.6 Å². The van der Waals surface area contributed by atoms with Gasteiger partial charge in [0.15, 0.2) is 11.6 Å². The van der Waals surface area contributed by atoms with Gasteiger partial charge in [-0.2, -0.15) is 0 Å². The fourth-order valence-corrected chi connectivity index (χ4v) is 1.49. The SMILES string of the molecule is CC(C)(N)c1nccc(-c2ccc(F)c(F)c2)n1. The second-order valence-electron chi connectivity index (χ2n) is 4.62. The van der Waals surface area contributed by atoms with Crippen molar-refractivity contribution in [2.45, 2.75) is 19.4 Å². The Morgan fingerprint density at radius 2 is 1.83 bits per heavy atom. The van der Waals surface area contributed by atoms with Crippen LogP contribution in [0.4, 0.5) is 8.78 Å². The summed E-state index contributed by atoms with van der Waals surface area (Å²) in [5.74, 6) is -1.34. The number of hydrogen-bond donors (Lipinski definition) is 1. The van der Waals surface area contributed by atoms with Crippen LogP contribution in [-0.2, 0) is 5.54 Å². The van der Waals surface area contributed by atoms with E-state index in [4.69, 9.17) is 5.73 Å². The van der Waals surface area contributed by atoms with Gasteiger partial charge in [-0.1, -0.05) is 0 Å². The van der Waals surface area contributed by atoms with Crippen molar-refractivity contribution < 1.29 is 8.78 Å². The highest BCUT2D eigenvalue weighted by atomic mass is 19.2. The Morgan fingerprint density at radius 3 is 2.44 bits per heavy atom. The molecule has 1 heterocycles. The lowest BCUT2D eigenvalue weighted by atomic mass is 10.1. The fourth-order valence-electron chi connectivity index (χ4n) is 1.49. The summed E-state index contributed by atoms with van der Waals surface area (Å²) in [4.78, 5) is 8.33. The molecule has 0 aliphatic rings. The maximum absolute atomic E-state index is 13.2. The van der Waals surface area contributed by atoms with Crippen LogP contribution in [0.5, 0.6) is 0 Å². The summed E-state index contributed by atoms with van der Waals surface area (Å²) in [6, 6.07) is 5.26. The lowest BCUT2D eigenvalue weighted by molar-refractivity contribution is 0.508. The Hall–Kier alpha value is -1.88. The molecule has 0 saturated carbocycles. The minimum absolute atomic E-state index is 0.449. The first-order chi connectivity index (χ1) is 8.38. The molecule has 5 heteroatoms. The molecule has 0 aliphatic carbocycles. The molecule has 0 saturated heterocycles. The smallest absolute Gasteiger partial charge is 0.159 e. The summed E-state index contributed by atoms with van der Waals surface area (Å²) in [6.07, 6.45) is 1.55. The van der Waals surface area contributed by atoms with Gasteiger partial charge in [-0.15, -0.1) is 0 Å². The van der Waals surface area contributed by atoms with Gasteiger partial charge in [0.2, 0.25) is 0 Å². The van der Waals surface area contributed by atoms with E-state index >= 15 is 0 Å². The van der Waals surface area contributed by atoms with Gasteiger partial charge in [-0.25, -0.2) is 18.7 Å². The number of halogens is 2. The normalized spacial score (nSPS) is 11.6. The van der Waals surface area contributed by atoms with Crippen molar-refractivity contribution in [1.29, 1.82) is 0 Å². The van der Waals surface area contributed by atoms with Crippen molar-refractivity contribution in [3.63, 3.8) is 0 Å². The van der Waals surface area contributed by atoms with Crippen LogP contribution in [0.15, 0.2) is 30.5 Å². The minimum Gasteiger partial charge on any atom is -0.319 e. The first-order valence-corrected chi connectivity index (χ1v) is 5.46. The Morgan fingerprint density at radius 1 is 1.11 bits per heavy atom. The Bertz CT molecular complexity index is 577. The van der Waals surface area contributed by atoms with Gasteiger partial charge in [0.1, 0.15) is 5.82 Å². The molecule has 0 fully saturated rings. The maximum Gasteiger partial charge on any atom is 0.159 e. The predicted octanol–water partition coefficient (Wildman–Crippen LogP) is 2.62. The van der Waals surface area contributed by atoms with Crippen LogP contribution in [-0.4, -0.2) is 9.97 Å². The topological polar surface area (TPSA) is 51.8 Å². The summed E-state index contributed by atoms with van der Waals surface area (Å²) in [7, 11) is 0. The molecule has 0 aliphatic heterocycles. The van der Waals surface area contributed by atoms with Gasteiger partial charge >= 0.3 is 0 Å². The van der Waals surface area contributed by atoms with Gasteiger partial charge in [0.25, 0.3) is 0 Å². The van der Waals surface area contributed by atoms with Crippen molar-refractivity contribution in [3.8, 4) is 11.3 Å². The van der Waals surface area contributed by atoms with E-state index in [0.29, 0.717) is 17.1 Å². The summed E-state index contributed by atoms with van der Waals surface area (Å²) in [5, 5.41) is 0.